The van der Waals surface area contributed by atoms with Crippen molar-refractivity contribution < 1.29 is 4.79 Å². The topological polar surface area (TPSA) is 29.1 Å². The molecule has 0 aliphatic rings. The highest BCUT2D eigenvalue weighted by Crippen LogP contribution is 2.20. The van der Waals surface area contributed by atoms with Gasteiger partial charge in [-0.25, -0.2) is 0 Å². The highest BCUT2D eigenvalue weighted by atomic mass is 79.9. The standard InChI is InChI=1S/C9H8BrNOS/c1-2-3-4-11-9(12)7-5-13-6-8(7)10/h5-6H,4H2,1H3,(H,11,12). The SMILES string of the molecule is CC#CCNC(=O)c1cscc1Br. The smallest absolute Gasteiger partial charge is 0.254 e. The van der Waals surface area contributed by atoms with Crippen LogP contribution in [-0.2, 0) is 0 Å². The Morgan fingerprint density at radius 2 is 2.46 bits per heavy atom. The van der Waals surface area contributed by atoms with Gasteiger partial charge in [0, 0.05) is 15.2 Å². The summed E-state index contributed by atoms with van der Waals surface area (Å²) in [6, 6.07) is 0. The van der Waals surface area contributed by atoms with Crippen LogP contribution in [0.1, 0.15) is 17.3 Å². The Hall–Kier alpha value is -0.790. The van der Waals surface area contributed by atoms with Gasteiger partial charge in [0.05, 0.1) is 12.1 Å². The van der Waals surface area contributed by atoms with E-state index in [-0.39, 0.29) is 5.91 Å². The molecule has 0 unspecified atom stereocenters. The molecule has 2 nitrogen and oxygen atoms in total. The van der Waals surface area contributed by atoms with Crippen LogP contribution in [0.2, 0.25) is 0 Å². The van der Waals surface area contributed by atoms with Crippen LogP contribution >= 0.6 is 27.3 Å². The normalized spacial score (nSPS) is 8.77. The third kappa shape index (κ3) is 2.87. The third-order valence-corrected chi connectivity index (χ3v) is 3.08. The lowest BCUT2D eigenvalue weighted by atomic mass is 10.3. The number of rotatable bonds is 2. The van der Waals surface area contributed by atoms with Gasteiger partial charge in [0.15, 0.2) is 0 Å². The van der Waals surface area contributed by atoms with Crippen molar-refractivity contribution in [3.05, 3.63) is 20.8 Å². The molecule has 0 radical (unpaired) electrons. The van der Waals surface area contributed by atoms with E-state index in [2.05, 4.69) is 33.1 Å². The molecule has 1 N–H and O–H groups in total. The Balaban J connectivity index is 2.57. The summed E-state index contributed by atoms with van der Waals surface area (Å²) < 4.78 is 0.833. The van der Waals surface area contributed by atoms with E-state index in [0.717, 1.165) is 4.47 Å². The molecule has 0 aliphatic heterocycles. The third-order valence-electron chi connectivity index (χ3n) is 1.37. The monoisotopic (exact) mass is 257 g/mol. The van der Waals surface area contributed by atoms with Crippen LogP contribution in [-0.4, -0.2) is 12.5 Å². The number of carbonyl (C=O) groups excluding carboxylic acids is 1. The van der Waals surface area contributed by atoms with Gasteiger partial charge in [-0.1, -0.05) is 5.92 Å². The van der Waals surface area contributed by atoms with Gasteiger partial charge in [-0.3, -0.25) is 4.79 Å². The maximum Gasteiger partial charge on any atom is 0.254 e. The van der Waals surface area contributed by atoms with E-state index < -0.39 is 0 Å². The summed E-state index contributed by atoms with van der Waals surface area (Å²) in [4.78, 5) is 11.4. The molecule has 1 rings (SSSR count). The van der Waals surface area contributed by atoms with E-state index in [1.54, 1.807) is 12.3 Å². The summed E-state index contributed by atoms with van der Waals surface area (Å²) in [5, 5.41) is 6.37. The summed E-state index contributed by atoms with van der Waals surface area (Å²) >= 11 is 4.78. The van der Waals surface area contributed by atoms with Crippen LogP contribution < -0.4 is 5.32 Å². The van der Waals surface area contributed by atoms with Crippen molar-refractivity contribution in [2.45, 2.75) is 6.92 Å². The van der Waals surface area contributed by atoms with Crippen molar-refractivity contribution in [2.75, 3.05) is 6.54 Å². The number of thiophene rings is 1. The molecule has 0 aromatic carbocycles. The first-order chi connectivity index (χ1) is 6.25. The van der Waals surface area contributed by atoms with E-state index in [4.69, 9.17) is 0 Å². The molecule has 68 valence electrons. The zero-order valence-electron chi connectivity index (χ0n) is 7.06. The molecule has 0 bridgehead atoms. The van der Waals surface area contributed by atoms with E-state index in [0.29, 0.717) is 12.1 Å². The molecule has 1 heterocycles. The minimum Gasteiger partial charge on any atom is -0.341 e. The first kappa shape index (κ1) is 10.3. The first-order valence-corrected chi connectivity index (χ1v) is 5.38. The molecule has 1 aromatic rings. The Labute approximate surface area is 89.5 Å². The number of hydrogen-bond acceptors (Lipinski definition) is 2. The molecule has 0 atom stereocenters. The molecule has 0 saturated heterocycles. The molecular formula is C9H8BrNOS. The van der Waals surface area contributed by atoms with Gasteiger partial charge in [0.2, 0.25) is 0 Å². The Kier molecular flexibility index (Phi) is 4.00. The summed E-state index contributed by atoms with van der Waals surface area (Å²) in [6.07, 6.45) is 0. The second kappa shape index (κ2) is 5.05. The predicted octanol–water partition coefficient (Wildman–Crippen LogP) is 2.26. The maximum absolute atomic E-state index is 11.4. The Bertz CT molecular complexity index is 361. The number of halogens is 1. The molecule has 4 heteroatoms. The molecule has 0 spiro atoms. The molecule has 13 heavy (non-hydrogen) atoms. The van der Waals surface area contributed by atoms with Crippen LogP contribution in [0, 0.1) is 11.8 Å². The molecule has 1 amide bonds. The minimum atomic E-state index is -0.0872. The van der Waals surface area contributed by atoms with Crippen molar-refractivity contribution in [1.82, 2.24) is 5.32 Å². The van der Waals surface area contributed by atoms with Crippen molar-refractivity contribution in [1.29, 1.82) is 0 Å². The number of hydrogen-bond donors (Lipinski definition) is 1. The van der Waals surface area contributed by atoms with Gasteiger partial charge in [0.25, 0.3) is 5.91 Å². The number of nitrogens with one attached hydrogen (secondary N) is 1. The summed E-state index contributed by atoms with van der Waals surface area (Å²) in [5.41, 5.74) is 0.669. The van der Waals surface area contributed by atoms with E-state index in [1.165, 1.54) is 11.3 Å². The fourth-order valence-electron chi connectivity index (χ4n) is 0.752. The molecule has 0 aliphatic carbocycles. The summed E-state index contributed by atoms with van der Waals surface area (Å²) in [6.45, 7) is 2.14. The van der Waals surface area contributed by atoms with E-state index in [9.17, 15) is 4.79 Å². The average molecular weight is 258 g/mol. The van der Waals surface area contributed by atoms with Crippen molar-refractivity contribution >= 4 is 33.2 Å². The van der Waals surface area contributed by atoms with Crippen LogP contribution in [0.4, 0.5) is 0 Å². The van der Waals surface area contributed by atoms with Crippen molar-refractivity contribution in [3.8, 4) is 11.8 Å². The largest absolute Gasteiger partial charge is 0.341 e. The molecule has 0 saturated carbocycles. The average Bonchev–Trinajstić information content (AvgIpc) is 2.52. The lowest BCUT2D eigenvalue weighted by molar-refractivity contribution is 0.0958. The maximum atomic E-state index is 11.4. The summed E-state index contributed by atoms with van der Waals surface area (Å²) in [7, 11) is 0. The van der Waals surface area contributed by atoms with Crippen LogP contribution in [0.25, 0.3) is 0 Å². The fraction of sp³-hybridized carbons (Fsp3) is 0.222. The molecule has 1 aromatic heterocycles. The highest BCUT2D eigenvalue weighted by Gasteiger charge is 2.08. The van der Waals surface area contributed by atoms with Crippen LogP contribution in [0.3, 0.4) is 0 Å². The van der Waals surface area contributed by atoms with Gasteiger partial charge in [-0.05, 0) is 22.9 Å². The van der Waals surface area contributed by atoms with Crippen molar-refractivity contribution in [2.24, 2.45) is 0 Å². The minimum absolute atomic E-state index is 0.0872. The van der Waals surface area contributed by atoms with Gasteiger partial charge in [-0.2, -0.15) is 11.3 Å². The van der Waals surface area contributed by atoms with Crippen LogP contribution in [0.5, 0.6) is 0 Å². The lowest BCUT2D eigenvalue weighted by Crippen LogP contribution is -2.23. The Morgan fingerprint density at radius 1 is 1.69 bits per heavy atom. The second-order valence-electron chi connectivity index (χ2n) is 2.24. The van der Waals surface area contributed by atoms with E-state index >= 15 is 0 Å². The zero-order chi connectivity index (χ0) is 9.68. The van der Waals surface area contributed by atoms with E-state index in [1.807, 2.05) is 5.38 Å². The second-order valence-corrected chi connectivity index (χ2v) is 3.84. The molecule has 0 fully saturated rings. The first-order valence-electron chi connectivity index (χ1n) is 3.65. The summed E-state index contributed by atoms with van der Waals surface area (Å²) in [5.74, 6) is 5.39. The predicted molar refractivity (Wildman–Crippen MR) is 57.8 cm³/mol. The Morgan fingerprint density at radius 3 is 3.00 bits per heavy atom. The number of carbonyl (C=O) groups is 1. The van der Waals surface area contributed by atoms with Crippen LogP contribution in [0.15, 0.2) is 15.2 Å². The number of amides is 1. The van der Waals surface area contributed by atoms with Gasteiger partial charge < -0.3 is 5.32 Å². The van der Waals surface area contributed by atoms with Gasteiger partial charge in [-0.15, -0.1) is 5.92 Å². The fourth-order valence-corrected chi connectivity index (χ4v) is 2.21. The zero-order valence-corrected chi connectivity index (χ0v) is 9.46. The van der Waals surface area contributed by atoms with Gasteiger partial charge in [0.1, 0.15) is 0 Å². The van der Waals surface area contributed by atoms with Crippen molar-refractivity contribution in [3.63, 3.8) is 0 Å². The lowest BCUT2D eigenvalue weighted by Gasteiger charge is -1.98. The highest BCUT2D eigenvalue weighted by molar-refractivity contribution is 9.10. The molecular weight excluding hydrogens is 250 g/mol. The van der Waals surface area contributed by atoms with Gasteiger partial charge >= 0.3 is 0 Å². The quantitative estimate of drug-likeness (QED) is 0.810.